The number of benzene rings is 2. The Morgan fingerprint density at radius 1 is 1.06 bits per heavy atom. The molecule has 0 heterocycles. The maximum Gasteiger partial charge on any atom is 0.233 e. The van der Waals surface area contributed by atoms with Crippen molar-refractivity contribution in [1.82, 2.24) is 0 Å². The van der Waals surface area contributed by atoms with Crippen molar-refractivity contribution in [3.63, 3.8) is 0 Å². The summed E-state index contributed by atoms with van der Waals surface area (Å²) in [6.45, 7) is 0. The summed E-state index contributed by atoms with van der Waals surface area (Å²) < 4.78 is 1.00. The molecule has 0 spiro atoms. The molecule has 0 amide bonds. The first-order chi connectivity index (χ1) is 8.20. The third kappa shape index (κ3) is 1.55. The van der Waals surface area contributed by atoms with E-state index in [1.165, 1.54) is 0 Å². The van der Waals surface area contributed by atoms with Gasteiger partial charge in [-0.05, 0) is 34.4 Å². The zero-order valence-corrected chi connectivity index (χ0v) is 11.1. The number of carbonyl (C=O) groups is 1. The average Bonchev–Trinajstić information content (AvgIpc) is 2.64. The predicted molar refractivity (Wildman–Crippen MR) is 72.3 cm³/mol. The van der Waals surface area contributed by atoms with E-state index in [1.54, 1.807) is 0 Å². The van der Waals surface area contributed by atoms with Crippen molar-refractivity contribution in [2.75, 3.05) is 0 Å². The lowest BCUT2D eigenvalue weighted by Gasteiger charge is -2.07. The Morgan fingerprint density at radius 2 is 1.76 bits per heavy atom. The number of hydrogen-bond acceptors (Lipinski definition) is 1. The highest BCUT2D eigenvalue weighted by Gasteiger charge is 2.33. The van der Waals surface area contributed by atoms with Crippen LogP contribution in [0.4, 0.5) is 0 Å². The third-order valence-electron chi connectivity index (χ3n) is 3.12. The quantitative estimate of drug-likeness (QED) is 0.717. The first-order valence-corrected chi connectivity index (χ1v) is 6.44. The molecule has 0 N–H and O–H groups in total. The molecule has 1 nitrogen and oxygen atoms in total. The van der Waals surface area contributed by atoms with Crippen LogP contribution in [0.1, 0.15) is 17.0 Å². The van der Waals surface area contributed by atoms with Gasteiger partial charge in [0.1, 0.15) is 0 Å². The van der Waals surface area contributed by atoms with Gasteiger partial charge >= 0.3 is 0 Å². The Labute approximate surface area is 113 Å². The topological polar surface area (TPSA) is 17.1 Å². The maximum absolute atomic E-state index is 11.6. The Kier molecular flexibility index (Phi) is 2.57. The molecule has 0 aliphatic heterocycles. The first kappa shape index (κ1) is 11.0. The van der Waals surface area contributed by atoms with Crippen LogP contribution < -0.4 is 0 Å². The second kappa shape index (κ2) is 3.97. The highest BCUT2D eigenvalue weighted by Crippen LogP contribution is 2.48. The molecule has 0 radical (unpaired) electrons. The van der Waals surface area contributed by atoms with Gasteiger partial charge in [-0.1, -0.05) is 52.3 Å². The normalized spacial score (nSPS) is 16.5. The van der Waals surface area contributed by atoms with Gasteiger partial charge in [0.2, 0.25) is 5.24 Å². The highest BCUT2D eigenvalue weighted by atomic mass is 79.9. The van der Waals surface area contributed by atoms with Crippen LogP contribution in [0.25, 0.3) is 11.1 Å². The number of carbonyl (C=O) groups excluding carboxylic acids is 1. The summed E-state index contributed by atoms with van der Waals surface area (Å²) in [5.74, 6) is -0.333. The van der Waals surface area contributed by atoms with Crippen molar-refractivity contribution in [2.45, 2.75) is 5.92 Å². The van der Waals surface area contributed by atoms with Crippen LogP contribution in [0, 0.1) is 0 Å². The van der Waals surface area contributed by atoms with E-state index < -0.39 is 0 Å². The van der Waals surface area contributed by atoms with Crippen molar-refractivity contribution < 1.29 is 4.79 Å². The van der Waals surface area contributed by atoms with Crippen molar-refractivity contribution in [2.24, 2.45) is 0 Å². The summed E-state index contributed by atoms with van der Waals surface area (Å²) in [6, 6.07) is 13.8. The zero-order valence-electron chi connectivity index (χ0n) is 8.78. The lowest BCUT2D eigenvalue weighted by molar-refractivity contribution is -0.112. The highest BCUT2D eigenvalue weighted by molar-refractivity contribution is 9.10. The van der Waals surface area contributed by atoms with Crippen LogP contribution >= 0.6 is 27.5 Å². The summed E-state index contributed by atoms with van der Waals surface area (Å²) in [5.41, 5.74) is 4.16. The van der Waals surface area contributed by atoms with E-state index in [9.17, 15) is 4.79 Å². The lowest BCUT2D eigenvalue weighted by Crippen LogP contribution is -2.04. The van der Waals surface area contributed by atoms with Crippen LogP contribution in [0.3, 0.4) is 0 Å². The van der Waals surface area contributed by atoms with E-state index in [0.29, 0.717) is 0 Å². The molecule has 17 heavy (non-hydrogen) atoms. The van der Waals surface area contributed by atoms with Gasteiger partial charge in [-0.15, -0.1) is 0 Å². The number of fused-ring (bicyclic) bond motifs is 3. The van der Waals surface area contributed by atoms with Crippen LogP contribution in [-0.4, -0.2) is 5.24 Å². The molecule has 2 aromatic carbocycles. The standard InChI is InChI=1S/C14H8BrClO/c15-11-7-3-6-10-12(11)8-4-1-2-5-9(8)13(10)14(16)17/h1-7,13H. The van der Waals surface area contributed by atoms with Gasteiger partial charge in [0, 0.05) is 10.0 Å². The zero-order chi connectivity index (χ0) is 12.0. The van der Waals surface area contributed by atoms with Gasteiger partial charge in [0.05, 0.1) is 5.92 Å². The van der Waals surface area contributed by atoms with Crippen LogP contribution in [0.15, 0.2) is 46.9 Å². The van der Waals surface area contributed by atoms with Crippen molar-refractivity contribution >= 4 is 32.8 Å². The molecule has 0 fully saturated rings. The molecule has 1 unspecified atom stereocenters. The fourth-order valence-electron chi connectivity index (χ4n) is 2.45. The Morgan fingerprint density at radius 3 is 2.53 bits per heavy atom. The summed E-state index contributed by atoms with van der Waals surface area (Å²) in [6.07, 6.45) is 0. The minimum atomic E-state index is -0.333. The summed E-state index contributed by atoms with van der Waals surface area (Å²) in [7, 11) is 0. The van der Waals surface area contributed by atoms with Gasteiger partial charge in [-0.25, -0.2) is 0 Å². The molecule has 1 aliphatic rings. The molecule has 2 aromatic rings. The van der Waals surface area contributed by atoms with Crippen molar-refractivity contribution in [1.29, 1.82) is 0 Å². The molecular formula is C14H8BrClO. The van der Waals surface area contributed by atoms with Crippen molar-refractivity contribution in [3.05, 3.63) is 58.1 Å². The van der Waals surface area contributed by atoms with Crippen LogP contribution in [-0.2, 0) is 4.79 Å². The Balaban J connectivity index is 2.38. The van der Waals surface area contributed by atoms with Gasteiger partial charge < -0.3 is 0 Å². The van der Waals surface area contributed by atoms with E-state index in [1.807, 2.05) is 42.5 Å². The van der Waals surface area contributed by atoms with Gasteiger partial charge in [-0.3, -0.25) is 4.79 Å². The fraction of sp³-hybridized carbons (Fsp3) is 0.0714. The summed E-state index contributed by atoms with van der Waals surface area (Å²) in [4.78, 5) is 11.6. The fourth-order valence-corrected chi connectivity index (χ4v) is 3.28. The van der Waals surface area contributed by atoms with Crippen LogP contribution in [0.5, 0.6) is 0 Å². The van der Waals surface area contributed by atoms with E-state index >= 15 is 0 Å². The molecule has 0 bridgehead atoms. The molecule has 3 rings (SSSR count). The predicted octanol–water partition coefficient (Wildman–Crippen LogP) is 4.33. The molecule has 0 aromatic heterocycles. The van der Waals surface area contributed by atoms with Gasteiger partial charge in [0.15, 0.2) is 0 Å². The smallest absolute Gasteiger partial charge is 0.233 e. The second-order valence-electron chi connectivity index (χ2n) is 4.03. The first-order valence-electron chi connectivity index (χ1n) is 5.27. The minimum Gasteiger partial charge on any atom is -0.280 e. The second-order valence-corrected chi connectivity index (χ2v) is 5.26. The molecule has 84 valence electrons. The molecule has 0 saturated heterocycles. The Hall–Kier alpha value is -1.12. The number of halogens is 2. The molecular weight excluding hydrogens is 300 g/mol. The average molecular weight is 308 g/mol. The third-order valence-corrected chi connectivity index (χ3v) is 4.00. The lowest BCUT2D eigenvalue weighted by atomic mass is 9.99. The van der Waals surface area contributed by atoms with E-state index in [0.717, 1.165) is 26.7 Å². The van der Waals surface area contributed by atoms with E-state index in [-0.39, 0.29) is 11.2 Å². The Bertz CT molecular complexity index is 621. The van der Waals surface area contributed by atoms with E-state index in [4.69, 9.17) is 11.6 Å². The van der Waals surface area contributed by atoms with Crippen LogP contribution in [0.2, 0.25) is 0 Å². The maximum atomic E-state index is 11.6. The minimum absolute atomic E-state index is 0.325. The summed E-state index contributed by atoms with van der Waals surface area (Å²) in [5, 5.41) is -0.325. The SMILES string of the molecule is O=C(Cl)C1c2ccccc2-c2c(Br)cccc21. The monoisotopic (exact) mass is 306 g/mol. The van der Waals surface area contributed by atoms with E-state index in [2.05, 4.69) is 15.9 Å². The van der Waals surface area contributed by atoms with Crippen molar-refractivity contribution in [3.8, 4) is 11.1 Å². The van der Waals surface area contributed by atoms with Gasteiger partial charge in [0.25, 0.3) is 0 Å². The molecule has 1 aliphatic carbocycles. The van der Waals surface area contributed by atoms with Gasteiger partial charge in [-0.2, -0.15) is 0 Å². The molecule has 3 heteroatoms. The number of hydrogen-bond donors (Lipinski definition) is 0. The number of rotatable bonds is 1. The molecule has 1 atom stereocenters. The summed E-state index contributed by atoms with van der Waals surface area (Å²) >= 11 is 9.28. The molecule has 0 saturated carbocycles. The largest absolute Gasteiger partial charge is 0.280 e.